The molecule has 0 saturated carbocycles. The average Bonchev–Trinajstić information content (AvgIpc) is 2.19. The molecular weight excluding hydrogens is 260 g/mol. The normalized spacial score (nSPS) is 14.7. The second kappa shape index (κ2) is 7.08. The largest absolute Gasteiger partial charge is 0.456 e. The molecule has 0 N–H and O–H groups in total. The number of oxime groups is 2. The highest BCUT2D eigenvalue weighted by Gasteiger charge is 2.17. The van der Waals surface area contributed by atoms with Gasteiger partial charge in [0.1, 0.15) is 0 Å². The Morgan fingerprint density at radius 2 is 1.33 bits per heavy atom. The van der Waals surface area contributed by atoms with Gasteiger partial charge in [-0.25, -0.2) is 0 Å². The number of hydrogen-bond acceptors (Lipinski definition) is 4. The van der Waals surface area contributed by atoms with E-state index in [4.69, 9.17) is 9.05 Å². The lowest BCUT2D eigenvalue weighted by molar-refractivity contribution is 0.331. The van der Waals surface area contributed by atoms with Gasteiger partial charge in [0.2, 0.25) is 0 Å². The van der Waals surface area contributed by atoms with Crippen molar-refractivity contribution < 1.29 is 9.05 Å². The predicted octanol–water partition coefficient (Wildman–Crippen LogP) is 4.22. The van der Waals surface area contributed by atoms with Crippen LogP contribution in [0.2, 0.25) is 39.3 Å². The van der Waals surface area contributed by atoms with E-state index < -0.39 is 16.6 Å². The Morgan fingerprint density at radius 3 is 1.72 bits per heavy atom. The molecular formula is C12H28N2O2Si2. The van der Waals surface area contributed by atoms with Crippen LogP contribution in [0.5, 0.6) is 0 Å². The van der Waals surface area contributed by atoms with Gasteiger partial charge < -0.3 is 9.05 Å². The van der Waals surface area contributed by atoms with Gasteiger partial charge in [0.15, 0.2) is 0 Å². The third-order valence-corrected chi connectivity index (χ3v) is 3.07. The van der Waals surface area contributed by atoms with Crippen LogP contribution in [0.15, 0.2) is 10.3 Å². The zero-order valence-corrected chi connectivity index (χ0v) is 15.1. The maximum absolute atomic E-state index is 5.57. The van der Waals surface area contributed by atoms with Gasteiger partial charge in [-0.1, -0.05) is 6.92 Å². The van der Waals surface area contributed by atoms with Crippen LogP contribution in [-0.2, 0) is 9.05 Å². The standard InChI is InChI=1S/C12H28N2O2Si2/c1-9-12(14-16-18(6,7)8)10-11(2)13-15-17(3,4)5/h9-10H2,1-8H3. The first kappa shape index (κ1) is 17.4. The highest BCUT2D eigenvalue weighted by atomic mass is 28.4. The second-order valence-corrected chi connectivity index (χ2v) is 15.2. The SMILES string of the molecule is CCC(CC(C)=NO[Si](C)(C)C)=NO[Si](C)(C)C. The van der Waals surface area contributed by atoms with Crippen LogP contribution >= 0.6 is 0 Å². The van der Waals surface area contributed by atoms with E-state index in [9.17, 15) is 0 Å². The predicted molar refractivity (Wildman–Crippen MR) is 84.3 cm³/mol. The molecule has 0 bridgehead atoms. The highest BCUT2D eigenvalue weighted by molar-refractivity contribution is 6.70. The lowest BCUT2D eigenvalue weighted by Gasteiger charge is -2.15. The summed E-state index contributed by atoms with van der Waals surface area (Å²) in [6.45, 7) is 16.8. The van der Waals surface area contributed by atoms with Crippen LogP contribution in [0.25, 0.3) is 0 Å². The van der Waals surface area contributed by atoms with Gasteiger partial charge in [-0.3, -0.25) is 0 Å². The van der Waals surface area contributed by atoms with Gasteiger partial charge in [-0.2, -0.15) is 0 Å². The molecule has 0 aliphatic rings. The Hall–Kier alpha value is -0.626. The summed E-state index contributed by atoms with van der Waals surface area (Å²) >= 11 is 0. The summed E-state index contributed by atoms with van der Waals surface area (Å²) in [6.07, 6.45) is 1.61. The molecule has 4 nitrogen and oxygen atoms in total. The Balaban J connectivity index is 4.45. The van der Waals surface area contributed by atoms with E-state index in [0.29, 0.717) is 0 Å². The Kier molecular flexibility index (Phi) is 6.84. The minimum absolute atomic E-state index is 0.728. The monoisotopic (exact) mass is 288 g/mol. The maximum Gasteiger partial charge on any atom is 0.278 e. The fourth-order valence-corrected chi connectivity index (χ4v) is 1.80. The van der Waals surface area contributed by atoms with Crippen molar-refractivity contribution in [3.63, 3.8) is 0 Å². The number of hydrogen-bond donors (Lipinski definition) is 0. The van der Waals surface area contributed by atoms with E-state index in [-0.39, 0.29) is 0 Å². The van der Waals surface area contributed by atoms with Crippen molar-refractivity contribution in [2.75, 3.05) is 0 Å². The molecule has 0 spiro atoms. The zero-order valence-electron chi connectivity index (χ0n) is 13.1. The third kappa shape index (κ3) is 10.5. The molecule has 0 aromatic heterocycles. The van der Waals surface area contributed by atoms with Crippen molar-refractivity contribution in [1.29, 1.82) is 0 Å². The van der Waals surface area contributed by atoms with E-state index in [1.54, 1.807) is 0 Å². The van der Waals surface area contributed by atoms with Crippen LogP contribution in [0.3, 0.4) is 0 Å². The highest BCUT2D eigenvalue weighted by Crippen LogP contribution is 2.07. The summed E-state index contributed by atoms with van der Waals surface area (Å²) in [5.41, 5.74) is 1.98. The Bertz CT molecular complexity index is 315. The third-order valence-electron chi connectivity index (χ3n) is 1.79. The second-order valence-electron chi connectivity index (χ2n) is 6.42. The van der Waals surface area contributed by atoms with Crippen molar-refractivity contribution in [3.05, 3.63) is 0 Å². The number of rotatable bonds is 7. The van der Waals surface area contributed by atoms with Crippen LogP contribution < -0.4 is 0 Å². The topological polar surface area (TPSA) is 43.2 Å². The maximum atomic E-state index is 5.57. The van der Waals surface area contributed by atoms with Crippen molar-refractivity contribution in [1.82, 2.24) is 0 Å². The summed E-state index contributed by atoms with van der Waals surface area (Å²) in [4.78, 5) is 0. The van der Waals surface area contributed by atoms with E-state index >= 15 is 0 Å². The molecule has 0 unspecified atom stereocenters. The summed E-state index contributed by atoms with van der Waals surface area (Å²) in [5, 5.41) is 8.43. The molecule has 0 amide bonds. The van der Waals surface area contributed by atoms with Crippen molar-refractivity contribution >= 4 is 28.1 Å². The van der Waals surface area contributed by atoms with Gasteiger partial charge >= 0.3 is 0 Å². The molecule has 0 atom stereocenters. The lowest BCUT2D eigenvalue weighted by Crippen LogP contribution is -2.24. The molecule has 18 heavy (non-hydrogen) atoms. The average molecular weight is 289 g/mol. The molecule has 0 heterocycles. The van der Waals surface area contributed by atoms with E-state index in [1.165, 1.54) is 0 Å². The molecule has 0 fully saturated rings. The molecule has 0 saturated heterocycles. The molecule has 0 aromatic carbocycles. The smallest absolute Gasteiger partial charge is 0.278 e. The first-order valence-electron chi connectivity index (χ1n) is 6.49. The fraction of sp³-hybridized carbons (Fsp3) is 0.833. The molecule has 0 aromatic rings. The summed E-state index contributed by atoms with van der Waals surface area (Å²) in [5.74, 6) is 0. The van der Waals surface area contributed by atoms with E-state index in [2.05, 4.69) is 56.5 Å². The van der Waals surface area contributed by atoms with Crippen LogP contribution in [0, 0.1) is 0 Å². The van der Waals surface area contributed by atoms with Crippen molar-refractivity contribution in [2.24, 2.45) is 10.3 Å². The van der Waals surface area contributed by atoms with Gasteiger partial charge in [-0.05, 0) is 52.6 Å². The fourth-order valence-electron chi connectivity index (χ4n) is 0.966. The van der Waals surface area contributed by atoms with Gasteiger partial charge in [0.25, 0.3) is 16.6 Å². The first-order chi connectivity index (χ1) is 8.03. The molecule has 0 rings (SSSR count). The first-order valence-corrected chi connectivity index (χ1v) is 13.3. The minimum Gasteiger partial charge on any atom is -0.456 e. The molecule has 0 radical (unpaired) electrons. The molecule has 0 aliphatic heterocycles. The van der Waals surface area contributed by atoms with Crippen molar-refractivity contribution in [2.45, 2.75) is 66.0 Å². The molecule has 106 valence electrons. The molecule has 0 aliphatic carbocycles. The van der Waals surface area contributed by atoms with Crippen LogP contribution in [0.1, 0.15) is 26.7 Å². The van der Waals surface area contributed by atoms with Gasteiger partial charge in [0.05, 0.1) is 11.4 Å². The van der Waals surface area contributed by atoms with Gasteiger partial charge in [-0.15, -0.1) is 10.3 Å². The van der Waals surface area contributed by atoms with Crippen LogP contribution in [0.4, 0.5) is 0 Å². The number of nitrogens with zero attached hydrogens (tertiary/aromatic N) is 2. The van der Waals surface area contributed by atoms with Crippen LogP contribution in [-0.4, -0.2) is 28.1 Å². The summed E-state index contributed by atoms with van der Waals surface area (Å²) < 4.78 is 11.1. The van der Waals surface area contributed by atoms with E-state index in [0.717, 1.165) is 24.3 Å². The summed E-state index contributed by atoms with van der Waals surface area (Å²) in [7, 11) is -3.17. The summed E-state index contributed by atoms with van der Waals surface area (Å²) in [6, 6.07) is 0. The lowest BCUT2D eigenvalue weighted by atomic mass is 10.1. The minimum atomic E-state index is -1.59. The zero-order chi connectivity index (χ0) is 14.4. The quantitative estimate of drug-likeness (QED) is 0.400. The Labute approximate surface area is 114 Å². The van der Waals surface area contributed by atoms with Crippen molar-refractivity contribution in [3.8, 4) is 0 Å². The molecule has 6 heteroatoms. The van der Waals surface area contributed by atoms with E-state index in [1.807, 2.05) is 6.92 Å². The Morgan fingerprint density at radius 1 is 0.889 bits per heavy atom. The van der Waals surface area contributed by atoms with Gasteiger partial charge in [0, 0.05) is 6.42 Å².